The molecule has 3 rings (SSSR count). The highest BCUT2D eigenvalue weighted by Gasteiger charge is 2.24. The van der Waals surface area contributed by atoms with Gasteiger partial charge in [-0.1, -0.05) is 36.5 Å². The normalized spacial score (nSPS) is 18.1. The molecule has 0 aromatic heterocycles. The third-order valence-corrected chi connectivity index (χ3v) is 4.64. The Morgan fingerprint density at radius 2 is 1.78 bits per heavy atom. The number of hydrogen-bond acceptors (Lipinski definition) is 2. The average molecular weight is 275 g/mol. The number of nitrogens with one attached hydrogen (secondary N) is 1. The van der Waals surface area contributed by atoms with Crippen molar-refractivity contribution in [2.24, 2.45) is 0 Å². The summed E-state index contributed by atoms with van der Waals surface area (Å²) >= 11 is 7.09. The van der Waals surface area contributed by atoms with Gasteiger partial charge in [0.15, 0.2) is 0 Å². The second-order valence-electron chi connectivity index (χ2n) is 4.03. The van der Waals surface area contributed by atoms with Crippen LogP contribution >= 0.6 is 24.0 Å². The van der Waals surface area contributed by atoms with E-state index in [1.54, 1.807) is 23.9 Å². The van der Waals surface area contributed by atoms with Gasteiger partial charge in [0.25, 0.3) is 0 Å². The number of anilines is 1. The lowest BCUT2D eigenvalue weighted by atomic mass is 10.1. The fourth-order valence-corrected chi connectivity index (χ4v) is 3.42. The maximum absolute atomic E-state index is 12.9. The van der Waals surface area contributed by atoms with Crippen LogP contribution < -0.4 is 5.32 Å². The molecule has 0 radical (unpaired) electrons. The largest absolute Gasteiger partial charge is 0.348 e. The molecule has 1 atom stereocenters. The summed E-state index contributed by atoms with van der Waals surface area (Å²) in [7, 11) is 0. The molecular weight excluding hydrogens is 265 g/mol. The summed E-state index contributed by atoms with van der Waals surface area (Å²) in [6.07, 6.45) is 0. The molecule has 0 spiro atoms. The molecule has 2 aromatic carbocycles. The molecule has 4 heteroatoms. The Labute approximate surface area is 114 Å². The van der Waals surface area contributed by atoms with Crippen molar-refractivity contribution in [2.75, 3.05) is 5.32 Å². The Balaban J connectivity index is 1.95. The van der Waals surface area contributed by atoms with Gasteiger partial charge >= 0.3 is 0 Å². The van der Waals surface area contributed by atoms with E-state index in [1.165, 1.54) is 17.0 Å². The first-order valence-electron chi connectivity index (χ1n) is 5.56. The van der Waals surface area contributed by atoms with Crippen molar-refractivity contribution in [1.29, 1.82) is 0 Å². The van der Waals surface area contributed by atoms with Gasteiger partial charge in [-0.15, -0.1) is 11.8 Å². The third-order valence-electron chi connectivity index (χ3n) is 2.80. The number of thiocarbonyl (C=S) groups is 1. The van der Waals surface area contributed by atoms with Crippen molar-refractivity contribution in [3.63, 3.8) is 0 Å². The summed E-state index contributed by atoms with van der Waals surface area (Å²) in [6.45, 7) is 0. The number of rotatable bonds is 1. The molecule has 0 amide bonds. The monoisotopic (exact) mass is 275 g/mol. The quantitative estimate of drug-likeness (QED) is 0.774. The Morgan fingerprint density at radius 1 is 1.06 bits per heavy atom. The fourth-order valence-electron chi connectivity index (χ4n) is 1.91. The van der Waals surface area contributed by atoms with Gasteiger partial charge < -0.3 is 5.32 Å². The number of fused-ring (bicyclic) bond motifs is 1. The van der Waals surface area contributed by atoms with Gasteiger partial charge in [-0.2, -0.15) is 0 Å². The summed E-state index contributed by atoms with van der Waals surface area (Å²) in [5, 5.41) is 3.29. The van der Waals surface area contributed by atoms with Crippen LogP contribution in [0.15, 0.2) is 53.4 Å². The first-order valence-corrected chi connectivity index (χ1v) is 6.85. The first-order chi connectivity index (χ1) is 8.74. The van der Waals surface area contributed by atoms with Gasteiger partial charge in [-0.3, -0.25) is 0 Å². The Kier molecular flexibility index (Phi) is 3.06. The highest BCUT2D eigenvalue weighted by atomic mass is 32.2. The van der Waals surface area contributed by atoms with E-state index in [1.807, 2.05) is 18.2 Å². The Hall–Kier alpha value is -1.39. The number of hydrogen-bond donors (Lipinski definition) is 1. The lowest BCUT2D eigenvalue weighted by Gasteiger charge is -2.26. The number of thioether (sulfide) groups is 1. The maximum atomic E-state index is 12.9. The van der Waals surface area contributed by atoms with Crippen LogP contribution in [0.4, 0.5) is 10.1 Å². The Bertz CT molecular complexity index is 595. The molecule has 1 aliphatic rings. The molecule has 1 aliphatic heterocycles. The fraction of sp³-hybridized carbons (Fsp3) is 0.0714. The van der Waals surface area contributed by atoms with Crippen molar-refractivity contribution < 1.29 is 4.39 Å². The summed E-state index contributed by atoms with van der Waals surface area (Å²) in [5.41, 5.74) is 2.07. The van der Waals surface area contributed by atoms with E-state index >= 15 is 0 Å². The van der Waals surface area contributed by atoms with Gasteiger partial charge in [0.2, 0.25) is 0 Å². The molecule has 1 N–H and O–H groups in total. The Morgan fingerprint density at radius 3 is 2.56 bits per heavy atom. The minimum Gasteiger partial charge on any atom is -0.348 e. The van der Waals surface area contributed by atoms with Crippen molar-refractivity contribution in [2.45, 2.75) is 10.1 Å². The van der Waals surface area contributed by atoms with Crippen molar-refractivity contribution in [3.05, 3.63) is 59.9 Å². The van der Waals surface area contributed by atoms with Crippen LogP contribution in [0.25, 0.3) is 0 Å². The highest BCUT2D eigenvalue weighted by Crippen LogP contribution is 2.43. The van der Waals surface area contributed by atoms with Gasteiger partial charge in [0.1, 0.15) is 5.82 Å². The summed E-state index contributed by atoms with van der Waals surface area (Å²) < 4.78 is 12.9. The van der Waals surface area contributed by atoms with E-state index in [2.05, 4.69) is 11.4 Å². The summed E-state index contributed by atoms with van der Waals surface area (Å²) in [5.74, 6) is -0.223. The molecule has 0 aliphatic carbocycles. The van der Waals surface area contributed by atoms with Gasteiger partial charge in [-0.25, -0.2) is 4.39 Å². The summed E-state index contributed by atoms with van der Waals surface area (Å²) in [6, 6.07) is 14.6. The number of halogens is 1. The van der Waals surface area contributed by atoms with Crippen molar-refractivity contribution >= 4 is 34.7 Å². The maximum Gasteiger partial charge on any atom is 0.123 e. The molecule has 1 unspecified atom stereocenters. The molecule has 1 heterocycles. The van der Waals surface area contributed by atoms with Gasteiger partial charge in [0, 0.05) is 4.90 Å². The second-order valence-corrected chi connectivity index (χ2v) is 5.62. The van der Waals surface area contributed by atoms with Crippen LogP contribution in [0.1, 0.15) is 10.8 Å². The first kappa shape index (κ1) is 11.7. The molecule has 0 fully saturated rings. The van der Waals surface area contributed by atoms with Crippen LogP contribution in [-0.2, 0) is 0 Å². The van der Waals surface area contributed by atoms with Gasteiger partial charge in [0.05, 0.1) is 15.9 Å². The zero-order chi connectivity index (χ0) is 12.5. The SMILES string of the molecule is Fc1ccc(C2Sc3ccccc3NC2=S)cc1. The molecule has 18 heavy (non-hydrogen) atoms. The smallest absolute Gasteiger partial charge is 0.123 e. The number of para-hydroxylation sites is 1. The second kappa shape index (κ2) is 4.71. The molecule has 0 saturated heterocycles. The van der Waals surface area contributed by atoms with E-state index in [4.69, 9.17) is 12.2 Å². The van der Waals surface area contributed by atoms with Crippen LogP contribution in [0.5, 0.6) is 0 Å². The minimum atomic E-state index is -0.223. The molecule has 0 saturated carbocycles. The topological polar surface area (TPSA) is 12.0 Å². The molecule has 0 bridgehead atoms. The van der Waals surface area contributed by atoms with Crippen molar-refractivity contribution in [1.82, 2.24) is 0 Å². The standard InChI is InChI=1S/C14H10FNS2/c15-10-7-5-9(6-8-10)13-14(17)16-11-3-1-2-4-12(11)18-13/h1-8,13H,(H,16,17). The minimum absolute atomic E-state index is 0.0514. The predicted molar refractivity (Wildman–Crippen MR) is 77.7 cm³/mol. The van der Waals surface area contributed by atoms with Gasteiger partial charge in [-0.05, 0) is 29.8 Å². The molecule has 90 valence electrons. The zero-order valence-corrected chi connectivity index (χ0v) is 11.0. The lowest BCUT2D eigenvalue weighted by Crippen LogP contribution is -2.21. The zero-order valence-electron chi connectivity index (χ0n) is 9.39. The molecular formula is C14H10FNS2. The third kappa shape index (κ3) is 2.13. The van der Waals surface area contributed by atoms with E-state index in [-0.39, 0.29) is 11.1 Å². The van der Waals surface area contributed by atoms with E-state index in [0.717, 1.165) is 16.2 Å². The van der Waals surface area contributed by atoms with Crippen LogP contribution in [0.3, 0.4) is 0 Å². The summed E-state index contributed by atoms with van der Waals surface area (Å²) in [4.78, 5) is 1.94. The molecule has 2 aromatic rings. The van der Waals surface area contributed by atoms with E-state index in [9.17, 15) is 4.39 Å². The van der Waals surface area contributed by atoms with E-state index in [0.29, 0.717) is 0 Å². The lowest BCUT2D eigenvalue weighted by molar-refractivity contribution is 0.627. The van der Waals surface area contributed by atoms with Crippen LogP contribution in [0, 0.1) is 5.82 Å². The highest BCUT2D eigenvalue weighted by molar-refractivity contribution is 8.01. The van der Waals surface area contributed by atoms with Crippen LogP contribution in [-0.4, -0.2) is 4.99 Å². The average Bonchev–Trinajstić information content (AvgIpc) is 2.39. The number of benzene rings is 2. The van der Waals surface area contributed by atoms with E-state index < -0.39 is 0 Å². The molecule has 1 nitrogen and oxygen atoms in total. The predicted octanol–water partition coefficient (Wildman–Crippen LogP) is 4.41. The van der Waals surface area contributed by atoms with Crippen LogP contribution in [0.2, 0.25) is 0 Å². The van der Waals surface area contributed by atoms with Crippen molar-refractivity contribution in [3.8, 4) is 0 Å².